The molecule has 104 valence electrons. The number of nitrogens with zero attached hydrogens (tertiary/aromatic N) is 3. The lowest BCUT2D eigenvalue weighted by Crippen LogP contribution is -2.48. The van der Waals surface area contributed by atoms with Crippen LogP contribution in [0.1, 0.15) is 17.3 Å². The normalized spacial score (nSPS) is 16.5. The zero-order chi connectivity index (χ0) is 13.8. The van der Waals surface area contributed by atoms with E-state index in [4.69, 9.17) is 11.6 Å². The standard InChI is InChI=1S/C13H19ClN4O/c1-3-17-4-6-18(7-5-17)13(19)10-8-11(14)16-12(9-10)15-2/h8-9H,3-7H2,1-2H3,(H,15,16). The molecule has 1 aliphatic heterocycles. The highest BCUT2D eigenvalue weighted by Gasteiger charge is 2.22. The van der Waals surface area contributed by atoms with Crippen LogP contribution in [0.3, 0.4) is 0 Å². The molecule has 0 spiro atoms. The van der Waals surface area contributed by atoms with E-state index < -0.39 is 0 Å². The quantitative estimate of drug-likeness (QED) is 0.855. The van der Waals surface area contributed by atoms with Gasteiger partial charge < -0.3 is 15.1 Å². The maximum atomic E-state index is 12.4. The lowest BCUT2D eigenvalue weighted by Gasteiger charge is -2.34. The Hall–Kier alpha value is -1.33. The SMILES string of the molecule is CCN1CCN(C(=O)c2cc(Cl)nc(NC)c2)CC1. The van der Waals surface area contributed by atoms with Crippen LogP contribution in [0.15, 0.2) is 12.1 Å². The number of halogens is 1. The number of likely N-dealkylation sites (N-methyl/N-ethyl adjacent to an activating group) is 1. The number of rotatable bonds is 3. The first-order chi connectivity index (χ1) is 9.13. The molecule has 1 fully saturated rings. The topological polar surface area (TPSA) is 48.5 Å². The van der Waals surface area contributed by atoms with Gasteiger partial charge in [-0.3, -0.25) is 4.79 Å². The molecule has 1 aromatic heterocycles. The van der Waals surface area contributed by atoms with Crippen LogP contribution in [0, 0.1) is 0 Å². The summed E-state index contributed by atoms with van der Waals surface area (Å²) in [7, 11) is 1.76. The molecule has 6 heteroatoms. The third-order valence-electron chi connectivity index (χ3n) is 3.40. The summed E-state index contributed by atoms with van der Waals surface area (Å²) >= 11 is 5.93. The highest BCUT2D eigenvalue weighted by molar-refractivity contribution is 6.29. The van der Waals surface area contributed by atoms with Gasteiger partial charge in [0.05, 0.1) is 0 Å². The molecule has 0 aromatic carbocycles. The van der Waals surface area contributed by atoms with E-state index in [0.717, 1.165) is 32.7 Å². The second-order valence-corrected chi connectivity index (χ2v) is 4.93. The van der Waals surface area contributed by atoms with Crippen LogP contribution in [0.25, 0.3) is 0 Å². The van der Waals surface area contributed by atoms with Gasteiger partial charge in [-0.25, -0.2) is 4.98 Å². The number of aromatic nitrogens is 1. The van der Waals surface area contributed by atoms with Crippen molar-refractivity contribution in [3.63, 3.8) is 0 Å². The zero-order valence-corrected chi connectivity index (χ0v) is 12.1. The van der Waals surface area contributed by atoms with Gasteiger partial charge in [0, 0.05) is 38.8 Å². The predicted octanol–water partition coefficient (Wildman–Crippen LogP) is 1.55. The van der Waals surface area contributed by atoms with Crippen molar-refractivity contribution in [3.05, 3.63) is 22.8 Å². The van der Waals surface area contributed by atoms with Crippen LogP contribution in [-0.2, 0) is 0 Å². The van der Waals surface area contributed by atoms with Crippen LogP contribution in [0.4, 0.5) is 5.82 Å². The highest BCUT2D eigenvalue weighted by Crippen LogP contribution is 2.16. The number of nitrogens with one attached hydrogen (secondary N) is 1. The van der Waals surface area contributed by atoms with Gasteiger partial charge in [0.25, 0.3) is 5.91 Å². The molecule has 2 heterocycles. The van der Waals surface area contributed by atoms with E-state index in [2.05, 4.69) is 22.1 Å². The number of carbonyl (C=O) groups is 1. The van der Waals surface area contributed by atoms with Gasteiger partial charge >= 0.3 is 0 Å². The Morgan fingerprint density at radius 3 is 2.63 bits per heavy atom. The fourth-order valence-electron chi connectivity index (χ4n) is 2.20. The van der Waals surface area contributed by atoms with E-state index in [9.17, 15) is 4.79 Å². The molecule has 1 aliphatic rings. The first kappa shape index (κ1) is 14.1. The Labute approximate surface area is 118 Å². The molecule has 0 unspecified atom stereocenters. The molecule has 1 saturated heterocycles. The summed E-state index contributed by atoms with van der Waals surface area (Å²) in [5.41, 5.74) is 0.592. The Morgan fingerprint density at radius 2 is 2.05 bits per heavy atom. The van der Waals surface area contributed by atoms with Crippen LogP contribution in [-0.4, -0.2) is 60.5 Å². The average Bonchev–Trinajstić information content (AvgIpc) is 2.46. The van der Waals surface area contributed by atoms with E-state index in [0.29, 0.717) is 16.5 Å². The molecule has 2 rings (SSSR count). The number of piperazine rings is 1. The minimum atomic E-state index is 0.0246. The van der Waals surface area contributed by atoms with Crippen molar-refractivity contribution in [2.75, 3.05) is 45.1 Å². The molecule has 0 atom stereocenters. The highest BCUT2D eigenvalue weighted by atomic mass is 35.5. The first-order valence-electron chi connectivity index (χ1n) is 6.51. The van der Waals surface area contributed by atoms with Crippen molar-refractivity contribution >= 4 is 23.3 Å². The molecule has 0 aliphatic carbocycles. The second kappa shape index (κ2) is 6.21. The van der Waals surface area contributed by atoms with E-state index in [1.54, 1.807) is 19.2 Å². The zero-order valence-electron chi connectivity index (χ0n) is 11.3. The maximum absolute atomic E-state index is 12.4. The van der Waals surface area contributed by atoms with Crippen LogP contribution in [0.5, 0.6) is 0 Å². The first-order valence-corrected chi connectivity index (χ1v) is 6.88. The molecule has 1 amide bonds. The van der Waals surface area contributed by atoms with Crippen molar-refractivity contribution < 1.29 is 4.79 Å². The number of carbonyl (C=O) groups excluding carboxylic acids is 1. The van der Waals surface area contributed by atoms with Gasteiger partial charge in [-0.1, -0.05) is 18.5 Å². The third kappa shape index (κ3) is 3.36. The van der Waals surface area contributed by atoms with Crippen molar-refractivity contribution in [1.29, 1.82) is 0 Å². The molecule has 19 heavy (non-hydrogen) atoms. The summed E-state index contributed by atoms with van der Waals surface area (Å²) in [4.78, 5) is 20.7. The number of hydrogen-bond acceptors (Lipinski definition) is 4. The van der Waals surface area contributed by atoms with Crippen LogP contribution in [0.2, 0.25) is 5.15 Å². The minimum absolute atomic E-state index is 0.0246. The summed E-state index contributed by atoms with van der Waals surface area (Å²) in [5.74, 6) is 0.639. The molecule has 0 bridgehead atoms. The van der Waals surface area contributed by atoms with Gasteiger partial charge in [-0.15, -0.1) is 0 Å². The monoisotopic (exact) mass is 282 g/mol. The summed E-state index contributed by atoms with van der Waals surface area (Å²) < 4.78 is 0. The lowest BCUT2D eigenvalue weighted by molar-refractivity contribution is 0.0643. The van der Waals surface area contributed by atoms with Crippen molar-refractivity contribution in [3.8, 4) is 0 Å². The minimum Gasteiger partial charge on any atom is -0.373 e. The summed E-state index contributed by atoms with van der Waals surface area (Å²) in [6.45, 7) is 6.56. The molecule has 1 N–H and O–H groups in total. The maximum Gasteiger partial charge on any atom is 0.254 e. The molecular weight excluding hydrogens is 264 g/mol. The Bertz CT molecular complexity index is 458. The smallest absolute Gasteiger partial charge is 0.254 e. The lowest BCUT2D eigenvalue weighted by atomic mass is 10.2. The predicted molar refractivity (Wildman–Crippen MR) is 76.8 cm³/mol. The van der Waals surface area contributed by atoms with E-state index >= 15 is 0 Å². The molecular formula is C13H19ClN4O. The fourth-order valence-corrected chi connectivity index (χ4v) is 2.41. The van der Waals surface area contributed by atoms with Gasteiger partial charge in [-0.2, -0.15) is 0 Å². The third-order valence-corrected chi connectivity index (χ3v) is 3.60. The van der Waals surface area contributed by atoms with Crippen molar-refractivity contribution in [1.82, 2.24) is 14.8 Å². The second-order valence-electron chi connectivity index (χ2n) is 4.54. The number of pyridine rings is 1. The Morgan fingerprint density at radius 1 is 1.37 bits per heavy atom. The average molecular weight is 283 g/mol. The summed E-state index contributed by atoms with van der Waals surface area (Å²) in [5, 5.41) is 3.24. The van der Waals surface area contributed by atoms with Crippen molar-refractivity contribution in [2.24, 2.45) is 0 Å². The van der Waals surface area contributed by atoms with E-state index in [-0.39, 0.29) is 5.91 Å². The van der Waals surface area contributed by atoms with Crippen molar-refractivity contribution in [2.45, 2.75) is 6.92 Å². The number of anilines is 1. The van der Waals surface area contributed by atoms with Gasteiger partial charge in [0.15, 0.2) is 0 Å². The molecule has 0 radical (unpaired) electrons. The Kier molecular flexibility index (Phi) is 4.61. The summed E-state index contributed by atoms with van der Waals surface area (Å²) in [6.07, 6.45) is 0. The van der Waals surface area contributed by atoms with Gasteiger partial charge in [0.1, 0.15) is 11.0 Å². The number of amides is 1. The Balaban J connectivity index is 2.09. The largest absolute Gasteiger partial charge is 0.373 e. The fraction of sp³-hybridized carbons (Fsp3) is 0.538. The number of hydrogen-bond donors (Lipinski definition) is 1. The van der Waals surface area contributed by atoms with Crippen LogP contribution >= 0.6 is 11.6 Å². The van der Waals surface area contributed by atoms with E-state index in [1.807, 2.05) is 4.90 Å². The molecule has 0 saturated carbocycles. The molecule has 1 aromatic rings. The van der Waals surface area contributed by atoms with Gasteiger partial charge in [-0.05, 0) is 18.7 Å². The van der Waals surface area contributed by atoms with E-state index in [1.165, 1.54) is 0 Å². The van der Waals surface area contributed by atoms with Crippen LogP contribution < -0.4 is 5.32 Å². The van der Waals surface area contributed by atoms with Gasteiger partial charge in [0.2, 0.25) is 0 Å². The summed E-state index contributed by atoms with van der Waals surface area (Å²) in [6, 6.07) is 3.36. The molecule has 5 nitrogen and oxygen atoms in total.